The minimum Gasteiger partial charge on any atom is -0.381 e. The van der Waals surface area contributed by atoms with E-state index in [1.807, 2.05) is 0 Å². The molecule has 0 aliphatic rings. The van der Waals surface area contributed by atoms with Crippen LogP contribution in [0.4, 0.5) is 5.69 Å². The summed E-state index contributed by atoms with van der Waals surface area (Å²) in [5.74, 6) is 0. The van der Waals surface area contributed by atoms with E-state index in [4.69, 9.17) is 0 Å². The van der Waals surface area contributed by atoms with E-state index in [1.54, 1.807) is 0 Å². The second-order valence-corrected chi connectivity index (χ2v) is 4.79. The zero-order valence-corrected chi connectivity index (χ0v) is 11.5. The summed E-state index contributed by atoms with van der Waals surface area (Å²) in [7, 11) is 0. The van der Waals surface area contributed by atoms with Crippen LogP contribution in [0.1, 0.15) is 29.2 Å². The molecule has 0 heterocycles. The summed E-state index contributed by atoms with van der Waals surface area (Å²) >= 11 is 0. The lowest BCUT2D eigenvalue weighted by Gasteiger charge is -2.12. The third kappa shape index (κ3) is 2.92. The van der Waals surface area contributed by atoms with Crippen molar-refractivity contribution in [2.75, 3.05) is 5.32 Å². The van der Waals surface area contributed by atoms with Crippen LogP contribution in [0.2, 0.25) is 0 Å². The lowest BCUT2D eigenvalue weighted by molar-refractivity contribution is 1.10. The van der Waals surface area contributed by atoms with Gasteiger partial charge in [-0.25, -0.2) is 0 Å². The van der Waals surface area contributed by atoms with Crippen LogP contribution in [0, 0.1) is 13.8 Å². The van der Waals surface area contributed by atoms with Gasteiger partial charge in [-0.3, -0.25) is 0 Å². The number of hydrogen-bond acceptors (Lipinski definition) is 1. The number of benzene rings is 2. The molecule has 1 nitrogen and oxygen atoms in total. The van der Waals surface area contributed by atoms with Gasteiger partial charge in [0, 0.05) is 12.2 Å². The highest BCUT2D eigenvalue weighted by Crippen LogP contribution is 2.20. The quantitative estimate of drug-likeness (QED) is 0.829. The van der Waals surface area contributed by atoms with Crippen LogP contribution in [0.5, 0.6) is 0 Å². The molecule has 0 saturated heterocycles. The van der Waals surface area contributed by atoms with E-state index in [2.05, 4.69) is 68.6 Å². The molecule has 0 bridgehead atoms. The minimum absolute atomic E-state index is 0.885. The fraction of sp³-hybridized carbons (Fsp3) is 0.294. The van der Waals surface area contributed by atoms with Crippen molar-refractivity contribution >= 4 is 5.69 Å². The van der Waals surface area contributed by atoms with E-state index in [9.17, 15) is 0 Å². The van der Waals surface area contributed by atoms with Crippen molar-refractivity contribution in [2.45, 2.75) is 33.7 Å². The van der Waals surface area contributed by atoms with Crippen molar-refractivity contribution in [1.29, 1.82) is 0 Å². The molecule has 0 aliphatic carbocycles. The fourth-order valence-corrected chi connectivity index (χ4v) is 2.18. The first-order chi connectivity index (χ1) is 8.70. The van der Waals surface area contributed by atoms with E-state index < -0.39 is 0 Å². The van der Waals surface area contributed by atoms with Gasteiger partial charge < -0.3 is 5.32 Å². The van der Waals surface area contributed by atoms with E-state index in [0.717, 1.165) is 13.0 Å². The first-order valence-corrected chi connectivity index (χ1v) is 6.58. The molecule has 2 rings (SSSR count). The first kappa shape index (κ1) is 12.7. The molecule has 94 valence electrons. The molecule has 0 aromatic heterocycles. The molecule has 18 heavy (non-hydrogen) atoms. The maximum atomic E-state index is 3.53. The Morgan fingerprint density at radius 3 is 1.94 bits per heavy atom. The SMILES string of the molecule is CCc1ccc(CNc2c(C)cccc2C)cc1. The van der Waals surface area contributed by atoms with Crippen LogP contribution in [0.3, 0.4) is 0 Å². The molecule has 2 aromatic rings. The Kier molecular flexibility index (Phi) is 4.03. The van der Waals surface area contributed by atoms with Crippen molar-refractivity contribution in [1.82, 2.24) is 0 Å². The second kappa shape index (κ2) is 5.72. The van der Waals surface area contributed by atoms with Gasteiger partial charge in [-0.2, -0.15) is 0 Å². The van der Waals surface area contributed by atoms with Crippen LogP contribution in [0.15, 0.2) is 42.5 Å². The van der Waals surface area contributed by atoms with Crippen molar-refractivity contribution in [2.24, 2.45) is 0 Å². The summed E-state index contributed by atoms with van der Waals surface area (Å²) in [5, 5.41) is 3.53. The summed E-state index contributed by atoms with van der Waals surface area (Å²) in [5.41, 5.74) is 6.60. The number of nitrogens with one attached hydrogen (secondary N) is 1. The van der Waals surface area contributed by atoms with Crippen LogP contribution < -0.4 is 5.32 Å². The lowest BCUT2D eigenvalue weighted by Crippen LogP contribution is -2.02. The Bertz CT molecular complexity index is 491. The summed E-state index contributed by atoms with van der Waals surface area (Å²) in [4.78, 5) is 0. The molecule has 0 amide bonds. The average Bonchev–Trinajstić information content (AvgIpc) is 2.39. The average molecular weight is 239 g/mol. The standard InChI is InChI=1S/C17H21N/c1-4-15-8-10-16(11-9-15)12-18-17-13(2)6-5-7-14(17)3/h5-11,18H,4,12H2,1-3H3. The number of rotatable bonds is 4. The summed E-state index contributed by atoms with van der Waals surface area (Å²) in [6, 6.07) is 15.2. The van der Waals surface area contributed by atoms with Crippen molar-refractivity contribution in [3.8, 4) is 0 Å². The van der Waals surface area contributed by atoms with E-state index in [0.29, 0.717) is 0 Å². The monoisotopic (exact) mass is 239 g/mol. The molecule has 1 N–H and O–H groups in total. The van der Waals surface area contributed by atoms with Gasteiger partial charge in [0.05, 0.1) is 0 Å². The Balaban J connectivity index is 2.06. The van der Waals surface area contributed by atoms with E-state index >= 15 is 0 Å². The number of para-hydroxylation sites is 1. The van der Waals surface area contributed by atoms with Gasteiger partial charge in [-0.1, -0.05) is 49.4 Å². The summed E-state index contributed by atoms with van der Waals surface area (Å²) in [6.07, 6.45) is 1.10. The number of anilines is 1. The van der Waals surface area contributed by atoms with Gasteiger partial charge in [0.15, 0.2) is 0 Å². The molecule has 0 radical (unpaired) electrons. The Morgan fingerprint density at radius 2 is 1.39 bits per heavy atom. The van der Waals surface area contributed by atoms with Crippen molar-refractivity contribution in [3.63, 3.8) is 0 Å². The van der Waals surface area contributed by atoms with Gasteiger partial charge >= 0.3 is 0 Å². The predicted molar refractivity (Wildman–Crippen MR) is 79.1 cm³/mol. The summed E-state index contributed by atoms with van der Waals surface area (Å²) < 4.78 is 0. The number of hydrogen-bond donors (Lipinski definition) is 1. The molecule has 0 aliphatic heterocycles. The largest absolute Gasteiger partial charge is 0.381 e. The van der Waals surface area contributed by atoms with Gasteiger partial charge in [-0.05, 0) is 42.5 Å². The van der Waals surface area contributed by atoms with Crippen molar-refractivity contribution < 1.29 is 0 Å². The van der Waals surface area contributed by atoms with E-state index in [-0.39, 0.29) is 0 Å². The Hall–Kier alpha value is -1.76. The van der Waals surface area contributed by atoms with Crippen LogP contribution >= 0.6 is 0 Å². The number of aryl methyl sites for hydroxylation is 3. The van der Waals surface area contributed by atoms with Gasteiger partial charge in [-0.15, -0.1) is 0 Å². The van der Waals surface area contributed by atoms with Crippen LogP contribution in [0.25, 0.3) is 0 Å². The molecule has 0 atom stereocenters. The smallest absolute Gasteiger partial charge is 0.0402 e. The predicted octanol–water partition coefficient (Wildman–Crippen LogP) is 4.48. The zero-order chi connectivity index (χ0) is 13.0. The van der Waals surface area contributed by atoms with Gasteiger partial charge in [0.1, 0.15) is 0 Å². The maximum Gasteiger partial charge on any atom is 0.0402 e. The highest BCUT2D eigenvalue weighted by molar-refractivity contribution is 5.56. The molecule has 1 heteroatoms. The lowest BCUT2D eigenvalue weighted by atomic mass is 10.1. The molecule has 0 unspecified atom stereocenters. The van der Waals surface area contributed by atoms with Crippen LogP contribution in [-0.4, -0.2) is 0 Å². The maximum absolute atomic E-state index is 3.53. The molecule has 0 saturated carbocycles. The van der Waals surface area contributed by atoms with E-state index in [1.165, 1.54) is 27.9 Å². The highest BCUT2D eigenvalue weighted by atomic mass is 14.9. The molecule has 0 spiro atoms. The molecular formula is C17H21N. The normalized spacial score (nSPS) is 10.4. The van der Waals surface area contributed by atoms with Crippen LogP contribution in [-0.2, 0) is 13.0 Å². The topological polar surface area (TPSA) is 12.0 Å². The van der Waals surface area contributed by atoms with Gasteiger partial charge in [0.2, 0.25) is 0 Å². The Morgan fingerprint density at radius 1 is 0.833 bits per heavy atom. The first-order valence-electron chi connectivity index (χ1n) is 6.58. The third-order valence-corrected chi connectivity index (χ3v) is 3.38. The second-order valence-electron chi connectivity index (χ2n) is 4.79. The summed E-state index contributed by atoms with van der Waals surface area (Å²) in [6.45, 7) is 7.37. The minimum atomic E-state index is 0.885. The molecule has 0 fully saturated rings. The highest BCUT2D eigenvalue weighted by Gasteiger charge is 2.01. The molecular weight excluding hydrogens is 218 g/mol. The third-order valence-electron chi connectivity index (χ3n) is 3.38. The fourth-order valence-electron chi connectivity index (χ4n) is 2.18. The molecule has 2 aromatic carbocycles. The zero-order valence-electron chi connectivity index (χ0n) is 11.5. The van der Waals surface area contributed by atoms with Crippen molar-refractivity contribution in [3.05, 3.63) is 64.7 Å². The Labute approximate surface area is 110 Å². The van der Waals surface area contributed by atoms with Gasteiger partial charge in [0.25, 0.3) is 0 Å².